The van der Waals surface area contributed by atoms with Gasteiger partial charge in [-0.05, 0) is 25.1 Å². The number of nitrogens with zero attached hydrogens (tertiary/aromatic N) is 1. The molecule has 0 spiro atoms. The second-order valence-corrected chi connectivity index (χ2v) is 5.27. The van der Waals surface area contributed by atoms with Crippen molar-refractivity contribution in [3.63, 3.8) is 0 Å². The number of aryl methyl sites for hydroxylation is 1. The molecule has 0 saturated heterocycles. The van der Waals surface area contributed by atoms with Crippen LogP contribution >= 0.6 is 15.9 Å². The zero-order valence-electron chi connectivity index (χ0n) is 11.1. The van der Waals surface area contributed by atoms with E-state index >= 15 is 0 Å². The van der Waals surface area contributed by atoms with Crippen LogP contribution in [0.2, 0.25) is 0 Å². The molecule has 0 aliphatic heterocycles. The van der Waals surface area contributed by atoms with Gasteiger partial charge in [-0.3, -0.25) is 14.7 Å². The Balaban J connectivity index is 1.99. The van der Waals surface area contributed by atoms with Gasteiger partial charge in [0.05, 0.1) is 12.6 Å². The normalized spacial score (nSPS) is 11.0. The van der Waals surface area contributed by atoms with Crippen molar-refractivity contribution in [3.8, 4) is 5.75 Å². The summed E-state index contributed by atoms with van der Waals surface area (Å²) >= 11 is 3.27. The lowest BCUT2D eigenvalue weighted by Gasteiger charge is -2.00. The van der Waals surface area contributed by atoms with Gasteiger partial charge >= 0.3 is 0 Å². The number of amides is 1. The van der Waals surface area contributed by atoms with E-state index in [0.717, 1.165) is 4.47 Å². The van der Waals surface area contributed by atoms with Crippen molar-refractivity contribution in [1.29, 1.82) is 0 Å². The summed E-state index contributed by atoms with van der Waals surface area (Å²) in [5.41, 5.74) is 3.43. The molecular formula is C13H13BrN4O3. The van der Waals surface area contributed by atoms with Gasteiger partial charge in [-0.15, -0.1) is 0 Å². The Hall–Kier alpha value is -2.35. The highest BCUT2D eigenvalue weighted by Gasteiger charge is 2.10. The SMILES string of the molecule is Cc1[nH][nH]c(=O)c1CC(=O)N/N=C/c1cc(Br)ccc1O. The van der Waals surface area contributed by atoms with E-state index in [9.17, 15) is 14.7 Å². The lowest BCUT2D eigenvalue weighted by molar-refractivity contribution is -0.120. The maximum atomic E-state index is 11.7. The number of halogens is 1. The van der Waals surface area contributed by atoms with E-state index < -0.39 is 5.91 Å². The number of hydrazone groups is 1. The van der Waals surface area contributed by atoms with E-state index in [-0.39, 0.29) is 17.7 Å². The van der Waals surface area contributed by atoms with Crippen molar-refractivity contribution >= 4 is 28.1 Å². The van der Waals surface area contributed by atoms with Crippen LogP contribution in [0.3, 0.4) is 0 Å². The Kier molecular flexibility index (Phi) is 4.59. The first-order valence-electron chi connectivity index (χ1n) is 6.04. The molecule has 110 valence electrons. The average molecular weight is 353 g/mol. The van der Waals surface area contributed by atoms with Gasteiger partial charge in [-0.25, -0.2) is 5.43 Å². The Labute approximate surface area is 128 Å². The maximum Gasteiger partial charge on any atom is 0.267 e. The predicted molar refractivity (Wildman–Crippen MR) is 81.4 cm³/mol. The van der Waals surface area contributed by atoms with E-state index in [1.54, 1.807) is 19.1 Å². The Bertz CT molecular complexity index is 748. The molecule has 1 amide bonds. The van der Waals surface area contributed by atoms with Crippen molar-refractivity contribution in [2.24, 2.45) is 5.10 Å². The quantitative estimate of drug-likeness (QED) is 0.489. The number of aromatic nitrogens is 2. The Morgan fingerprint density at radius 1 is 1.48 bits per heavy atom. The average Bonchev–Trinajstić information content (AvgIpc) is 2.74. The fourth-order valence-corrected chi connectivity index (χ4v) is 2.07. The number of phenolic OH excluding ortho intramolecular Hbond substituents is 1. The van der Waals surface area contributed by atoms with Gasteiger partial charge in [0.15, 0.2) is 0 Å². The number of hydrogen-bond acceptors (Lipinski definition) is 4. The van der Waals surface area contributed by atoms with Crippen LogP contribution in [0, 0.1) is 6.92 Å². The number of carbonyl (C=O) groups is 1. The topological polar surface area (TPSA) is 110 Å². The van der Waals surface area contributed by atoms with Crippen LogP contribution in [0.25, 0.3) is 0 Å². The monoisotopic (exact) mass is 352 g/mol. The van der Waals surface area contributed by atoms with Crippen molar-refractivity contribution in [3.05, 3.63) is 49.8 Å². The molecular weight excluding hydrogens is 340 g/mol. The van der Waals surface area contributed by atoms with Crippen LogP contribution < -0.4 is 11.0 Å². The summed E-state index contributed by atoms with van der Waals surface area (Å²) in [5, 5.41) is 18.4. The molecule has 0 atom stereocenters. The summed E-state index contributed by atoms with van der Waals surface area (Å²) in [7, 11) is 0. The number of aromatic amines is 2. The summed E-state index contributed by atoms with van der Waals surface area (Å²) < 4.78 is 0.780. The molecule has 1 aromatic heterocycles. The summed E-state index contributed by atoms with van der Waals surface area (Å²) in [6, 6.07) is 4.86. The van der Waals surface area contributed by atoms with Gasteiger partial charge in [0.25, 0.3) is 5.56 Å². The Morgan fingerprint density at radius 3 is 2.90 bits per heavy atom. The largest absolute Gasteiger partial charge is 0.507 e. The molecule has 0 bridgehead atoms. The number of nitrogens with one attached hydrogen (secondary N) is 3. The minimum Gasteiger partial charge on any atom is -0.507 e. The molecule has 1 aromatic carbocycles. The van der Waals surface area contributed by atoms with Crippen molar-refractivity contribution < 1.29 is 9.90 Å². The van der Waals surface area contributed by atoms with Gasteiger partial charge in [-0.1, -0.05) is 15.9 Å². The van der Waals surface area contributed by atoms with Crippen LogP contribution in [0.4, 0.5) is 0 Å². The van der Waals surface area contributed by atoms with Crippen molar-refractivity contribution in [2.45, 2.75) is 13.3 Å². The Morgan fingerprint density at radius 2 is 2.24 bits per heavy atom. The summed E-state index contributed by atoms with van der Waals surface area (Å²) in [6.45, 7) is 1.70. The number of hydrogen-bond donors (Lipinski definition) is 4. The molecule has 0 aliphatic carbocycles. The fourth-order valence-electron chi connectivity index (χ4n) is 1.69. The lowest BCUT2D eigenvalue weighted by Crippen LogP contribution is -2.23. The van der Waals surface area contributed by atoms with Gasteiger partial charge in [0, 0.05) is 21.3 Å². The molecule has 2 aromatic rings. The first-order valence-corrected chi connectivity index (χ1v) is 6.83. The maximum absolute atomic E-state index is 11.7. The number of phenols is 1. The van der Waals surface area contributed by atoms with Gasteiger partial charge in [0.1, 0.15) is 5.75 Å². The van der Waals surface area contributed by atoms with Crippen LogP contribution in [-0.2, 0) is 11.2 Å². The van der Waals surface area contributed by atoms with Crippen molar-refractivity contribution in [1.82, 2.24) is 15.6 Å². The molecule has 7 nitrogen and oxygen atoms in total. The molecule has 8 heteroatoms. The number of rotatable bonds is 4. The molecule has 4 N–H and O–H groups in total. The van der Waals surface area contributed by atoms with Gasteiger partial charge in [0.2, 0.25) is 5.91 Å². The molecule has 0 aliphatic rings. The molecule has 0 fully saturated rings. The molecule has 21 heavy (non-hydrogen) atoms. The second-order valence-electron chi connectivity index (χ2n) is 4.36. The standard InChI is InChI=1S/C13H13BrN4O3/c1-7-10(13(21)18-16-7)5-12(20)17-15-6-8-4-9(14)2-3-11(8)19/h2-4,6,19H,5H2,1H3,(H,17,20)(H2,16,18,21)/b15-6+. The van der Waals surface area contributed by atoms with E-state index in [1.807, 2.05) is 0 Å². The first kappa shape index (κ1) is 15.0. The van der Waals surface area contributed by atoms with E-state index in [2.05, 4.69) is 36.7 Å². The third kappa shape index (κ3) is 3.82. The first-order chi connectivity index (χ1) is 9.97. The van der Waals surface area contributed by atoms with E-state index in [4.69, 9.17) is 0 Å². The van der Waals surface area contributed by atoms with E-state index in [0.29, 0.717) is 16.8 Å². The summed E-state index contributed by atoms with van der Waals surface area (Å²) in [6.07, 6.45) is 1.25. The molecule has 0 unspecified atom stereocenters. The molecule has 1 heterocycles. The summed E-state index contributed by atoms with van der Waals surface area (Å²) in [4.78, 5) is 23.1. The van der Waals surface area contributed by atoms with Crippen LogP contribution in [-0.4, -0.2) is 27.4 Å². The molecule has 2 rings (SSSR count). The predicted octanol–water partition coefficient (Wildman–Crippen LogP) is 1.17. The van der Waals surface area contributed by atoms with Crippen LogP contribution in [0.1, 0.15) is 16.8 Å². The fraction of sp³-hybridized carbons (Fsp3) is 0.154. The van der Waals surface area contributed by atoms with E-state index in [1.165, 1.54) is 12.3 Å². The van der Waals surface area contributed by atoms with Crippen LogP contribution in [0.5, 0.6) is 5.75 Å². The third-order valence-corrected chi connectivity index (χ3v) is 3.30. The second kappa shape index (κ2) is 6.40. The van der Waals surface area contributed by atoms with Crippen molar-refractivity contribution in [2.75, 3.05) is 0 Å². The highest BCUT2D eigenvalue weighted by molar-refractivity contribution is 9.10. The molecule has 0 saturated carbocycles. The number of aromatic hydroxyl groups is 1. The number of H-pyrrole nitrogens is 2. The number of carbonyl (C=O) groups excluding carboxylic acids is 1. The smallest absolute Gasteiger partial charge is 0.267 e. The lowest BCUT2D eigenvalue weighted by atomic mass is 10.2. The zero-order chi connectivity index (χ0) is 15.4. The minimum absolute atomic E-state index is 0.0501. The highest BCUT2D eigenvalue weighted by Crippen LogP contribution is 2.19. The molecule has 0 radical (unpaired) electrons. The van der Waals surface area contributed by atoms with Crippen LogP contribution in [0.15, 0.2) is 32.6 Å². The van der Waals surface area contributed by atoms with Gasteiger partial charge in [-0.2, -0.15) is 5.10 Å². The highest BCUT2D eigenvalue weighted by atomic mass is 79.9. The number of benzene rings is 1. The van der Waals surface area contributed by atoms with Gasteiger partial charge < -0.3 is 10.2 Å². The summed E-state index contributed by atoms with van der Waals surface area (Å²) in [5.74, 6) is -0.372. The zero-order valence-corrected chi connectivity index (χ0v) is 12.7. The minimum atomic E-state index is -0.422. The third-order valence-electron chi connectivity index (χ3n) is 2.81.